The Morgan fingerprint density at radius 3 is 2.21 bits per heavy atom. The van der Waals surface area contributed by atoms with E-state index in [0.29, 0.717) is 5.88 Å². The quantitative estimate of drug-likeness (QED) is 0.671. The van der Waals surface area contributed by atoms with Crippen LogP contribution in [0.5, 0.6) is 0 Å². The summed E-state index contributed by atoms with van der Waals surface area (Å²) < 4.78 is 32.1. The van der Waals surface area contributed by atoms with Crippen LogP contribution in [0.2, 0.25) is 0 Å². The summed E-state index contributed by atoms with van der Waals surface area (Å²) in [4.78, 5) is 11.2. The third-order valence-electron chi connectivity index (χ3n) is 2.98. The summed E-state index contributed by atoms with van der Waals surface area (Å²) in [5, 5.41) is 0. The van der Waals surface area contributed by atoms with E-state index in [1.807, 2.05) is 13.8 Å². The number of carbonyl (C=O) groups excluding carboxylic acids is 1. The van der Waals surface area contributed by atoms with Crippen LogP contribution in [0.15, 0.2) is 0 Å². The zero-order chi connectivity index (χ0) is 15.1. The van der Waals surface area contributed by atoms with Gasteiger partial charge in [-0.15, -0.1) is 11.6 Å². The van der Waals surface area contributed by atoms with Gasteiger partial charge in [0.2, 0.25) is 0 Å². The molecular formula is C11H23ClN2O4S. The van der Waals surface area contributed by atoms with Crippen molar-refractivity contribution in [3.05, 3.63) is 0 Å². The SMILES string of the molecule is CCC(CC)(CCl)CNS(=O)(=O)NC(=O)OC(C)C. The first-order valence-electron chi connectivity index (χ1n) is 6.24. The third kappa shape index (κ3) is 6.98. The molecule has 1 amide bonds. The Morgan fingerprint density at radius 2 is 1.84 bits per heavy atom. The van der Waals surface area contributed by atoms with E-state index in [-0.39, 0.29) is 18.1 Å². The maximum Gasteiger partial charge on any atom is 0.422 e. The van der Waals surface area contributed by atoms with Crippen molar-refractivity contribution in [1.82, 2.24) is 9.44 Å². The molecule has 0 aromatic heterocycles. The zero-order valence-electron chi connectivity index (χ0n) is 11.8. The molecule has 0 heterocycles. The van der Waals surface area contributed by atoms with Gasteiger partial charge >= 0.3 is 16.3 Å². The van der Waals surface area contributed by atoms with E-state index in [1.54, 1.807) is 18.6 Å². The zero-order valence-corrected chi connectivity index (χ0v) is 13.4. The molecule has 0 aromatic rings. The number of ether oxygens (including phenoxy) is 1. The number of alkyl halides is 1. The molecule has 19 heavy (non-hydrogen) atoms. The average molecular weight is 315 g/mol. The van der Waals surface area contributed by atoms with E-state index >= 15 is 0 Å². The Morgan fingerprint density at radius 1 is 1.32 bits per heavy atom. The summed E-state index contributed by atoms with van der Waals surface area (Å²) >= 11 is 5.88. The number of carbonyl (C=O) groups is 1. The van der Waals surface area contributed by atoms with Gasteiger partial charge in [0.15, 0.2) is 0 Å². The van der Waals surface area contributed by atoms with E-state index in [2.05, 4.69) is 4.72 Å². The molecular weight excluding hydrogens is 292 g/mol. The number of hydrogen-bond acceptors (Lipinski definition) is 4. The van der Waals surface area contributed by atoms with Crippen molar-refractivity contribution in [1.29, 1.82) is 0 Å². The molecule has 0 atom stereocenters. The monoisotopic (exact) mass is 314 g/mol. The van der Waals surface area contributed by atoms with Crippen LogP contribution in [-0.4, -0.2) is 33.0 Å². The fourth-order valence-electron chi connectivity index (χ4n) is 1.37. The predicted octanol–water partition coefficient (Wildman–Crippen LogP) is 2.00. The Hall–Kier alpha value is -0.530. The molecule has 0 aliphatic rings. The molecule has 0 aliphatic carbocycles. The predicted molar refractivity (Wildman–Crippen MR) is 75.4 cm³/mol. The van der Waals surface area contributed by atoms with Crippen LogP contribution in [0.1, 0.15) is 40.5 Å². The van der Waals surface area contributed by atoms with Crippen LogP contribution < -0.4 is 9.44 Å². The molecule has 0 saturated heterocycles. The van der Waals surface area contributed by atoms with Crippen molar-refractivity contribution < 1.29 is 17.9 Å². The summed E-state index contributed by atoms with van der Waals surface area (Å²) in [5.74, 6) is 0.346. The summed E-state index contributed by atoms with van der Waals surface area (Å²) in [6, 6.07) is 0. The first-order valence-corrected chi connectivity index (χ1v) is 8.26. The summed E-state index contributed by atoms with van der Waals surface area (Å²) in [6.45, 7) is 7.33. The smallest absolute Gasteiger partial charge is 0.422 e. The first kappa shape index (κ1) is 18.5. The van der Waals surface area contributed by atoms with Gasteiger partial charge in [0.1, 0.15) is 0 Å². The summed E-state index contributed by atoms with van der Waals surface area (Å²) in [7, 11) is -3.92. The number of hydrogen-bond donors (Lipinski definition) is 2. The maximum absolute atomic E-state index is 11.7. The fourth-order valence-corrected chi connectivity index (χ4v) is 2.68. The van der Waals surface area contributed by atoms with E-state index in [4.69, 9.17) is 16.3 Å². The van der Waals surface area contributed by atoms with Crippen molar-refractivity contribution >= 4 is 27.9 Å². The molecule has 0 aromatic carbocycles. The second-order valence-electron chi connectivity index (χ2n) is 4.72. The minimum atomic E-state index is -3.92. The van der Waals surface area contributed by atoms with Gasteiger partial charge in [0.25, 0.3) is 0 Å². The first-order chi connectivity index (χ1) is 8.70. The van der Waals surface area contributed by atoms with Gasteiger partial charge in [-0.2, -0.15) is 13.1 Å². The molecule has 0 bridgehead atoms. The van der Waals surface area contributed by atoms with Crippen LogP contribution in [0.3, 0.4) is 0 Å². The summed E-state index contributed by atoms with van der Waals surface area (Å²) in [5.41, 5.74) is -0.307. The average Bonchev–Trinajstić information content (AvgIpc) is 2.29. The van der Waals surface area contributed by atoms with Crippen LogP contribution in [0.25, 0.3) is 0 Å². The molecule has 0 radical (unpaired) electrons. The maximum atomic E-state index is 11.7. The molecule has 6 nitrogen and oxygen atoms in total. The minimum Gasteiger partial charge on any atom is -0.446 e. The highest BCUT2D eigenvalue weighted by Crippen LogP contribution is 2.26. The number of nitrogens with one attached hydrogen (secondary N) is 2. The molecule has 2 N–H and O–H groups in total. The highest BCUT2D eigenvalue weighted by atomic mass is 35.5. The van der Waals surface area contributed by atoms with Crippen LogP contribution >= 0.6 is 11.6 Å². The molecule has 0 unspecified atom stereocenters. The third-order valence-corrected chi connectivity index (χ3v) is 4.51. The van der Waals surface area contributed by atoms with Gasteiger partial charge in [0, 0.05) is 12.4 Å². The second-order valence-corrected chi connectivity index (χ2v) is 6.49. The highest BCUT2D eigenvalue weighted by molar-refractivity contribution is 7.88. The van der Waals surface area contributed by atoms with E-state index in [0.717, 1.165) is 12.8 Å². The number of rotatable bonds is 8. The van der Waals surface area contributed by atoms with Crippen molar-refractivity contribution in [3.8, 4) is 0 Å². The van der Waals surface area contributed by atoms with Crippen LogP contribution in [-0.2, 0) is 14.9 Å². The van der Waals surface area contributed by atoms with Crippen LogP contribution in [0.4, 0.5) is 4.79 Å². The summed E-state index contributed by atoms with van der Waals surface area (Å²) in [6.07, 6.45) is 0.105. The lowest BCUT2D eigenvalue weighted by Gasteiger charge is -2.29. The van der Waals surface area contributed by atoms with Gasteiger partial charge < -0.3 is 4.74 Å². The van der Waals surface area contributed by atoms with Crippen molar-refractivity contribution in [3.63, 3.8) is 0 Å². The molecule has 0 saturated carbocycles. The normalized spacial score (nSPS) is 12.5. The Bertz CT molecular complexity index is 372. The van der Waals surface area contributed by atoms with E-state index in [9.17, 15) is 13.2 Å². The molecule has 0 rings (SSSR count). The van der Waals surface area contributed by atoms with Gasteiger partial charge in [-0.25, -0.2) is 9.52 Å². The molecule has 0 spiro atoms. The fraction of sp³-hybridized carbons (Fsp3) is 0.909. The highest BCUT2D eigenvalue weighted by Gasteiger charge is 2.27. The van der Waals surface area contributed by atoms with Gasteiger partial charge in [-0.05, 0) is 32.1 Å². The Kier molecular flexibility index (Phi) is 7.69. The standard InChI is InChI=1S/C11H23ClN2O4S/c1-5-11(6-2,7-12)8-13-19(16,17)14-10(15)18-9(3)4/h9,13H,5-8H2,1-4H3,(H,14,15). The lowest BCUT2D eigenvalue weighted by Crippen LogP contribution is -2.46. The van der Waals surface area contributed by atoms with E-state index < -0.39 is 16.3 Å². The van der Waals surface area contributed by atoms with Crippen molar-refractivity contribution in [2.45, 2.75) is 46.6 Å². The Labute approximate surface area is 120 Å². The molecule has 0 fully saturated rings. The van der Waals surface area contributed by atoms with Crippen molar-refractivity contribution in [2.75, 3.05) is 12.4 Å². The lowest BCUT2D eigenvalue weighted by molar-refractivity contribution is 0.121. The molecule has 0 aliphatic heterocycles. The lowest BCUT2D eigenvalue weighted by atomic mass is 9.85. The molecule has 114 valence electrons. The minimum absolute atomic E-state index is 0.174. The van der Waals surface area contributed by atoms with E-state index in [1.165, 1.54) is 0 Å². The van der Waals surface area contributed by atoms with Crippen LogP contribution in [0, 0.1) is 5.41 Å². The number of amides is 1. The largest absolute Gasteiger partial charge is 0.446 e. The molecule has 8 heteroatoms. The van der Waals surface area contributed by atoms with Gasteiger partial charge in [-0.1, -0.05) is 13.8 Å². The number of halogens is 1. The van der Waals surface area contributed by atoms with Gasteiger partial charge in [0.05, 0.1) is 6.10 Å². The second kappa shape index (κ2) is 7.91. The Balaban J connectivity index is 4.50. The van der Waals surface area contributed by atoms with Crippen molar-refractivity contribution in [2.24, 2.45) is 5.41 Å². The van der Waals surface area contributed by atoms with Gasteiger partial charge in [-0.3, -0.25) is 0 Å². The topological polar surface area (TPSA) is 84.5 Å².